The Kier molecular flexibility index (Phi) is 6.18. The standard InChI is InChI=1S/C23H21F3N2O4/c24-23(25,26)18-4-1-16(2-5-18)21-12-19(27-32-21)13-28-9-7-15-3-6-20(31-14-22(29)30)11-17(15)8-10-28/h1-6,11-12H,7-10,13-14H2,(H,29,30). The third-order valence-electron chi connectivity index (χ3n) is 5.38. The average Bonchev–Trinajstić information content (AvgIpc) is 3.13. The van der Waals surface area contributed by atoms with Gasteiger partial charge in [0.2, 0.25) is 0 Å². The number of halogens is 3. The van der Waals surface area contributed by atoms with Crippen LogP contribution in [0, 0.1) is 0 Å². The fraction of sp³-hybridized carbons (Fsp3) is 0.304. The van der Waals surface area contributed by atoms with Crippen LogP contribution in [0.25, 0.3) is 11.3 Å². The van der Waals surface area contributed by atoms with Crippen LogP contribution in [0.5, 0.6) is 5.75 Å². The second-order valence-corrected chi connectivity index (χ2v) is 7.65. The minimum atomic E-state index is -4.38. The molecule has 3 aromatic rings. The minimum absolute atomic E-state index is 0.377. The summed E-state index contributed by atoms with van der Waals surface area (Å²) in [6.07, 6.45) is -2.76. The van der Waals surface area contributed by atoms with Crippen molar-refractivity contribution in [1.29, 1.82) is 0 Å². The Hall–Kier alpha value is -3.33. The molecule has 2 heterocycles. The third kappa shape index (κ3) is 5.28. The highest BCUT2D eigenvalue weighted by molar-refractivity contribution is 5.68. The van der Waals surface area contributed by atoms with Gasteiger partial charge in [0.15, 0.2) is 12.4 Å². The number of ether oxygens (including phenoxy) is 1. The van der Waals surface area contributed by atoms with Crippen LogP contribution in [0.3, 0.4) is 0 Å². The molecule has 32 heavy (non-hydrogen) atoms. The van der Waals surface area contributed by atoms with Gasteiger partial charge in [-0.3, -0.25) is 4.90 Å². The Morgan fingerprint density at radius 1 is 1.06 bits per heavy atom. The van der Waals surface area contributed by atoms with E-state index in [9.17, 15) is 18.0 Å². The Morgan fingerprint density at radius 2 is 1.78 bits per heavy atom. The van der Waals surface area contributed by atoms with Crippen molar-refractivity contribution in [3.63, 3.8) is 0 Å². The van der Waals surface area contributed by atoms with Crippen molar-refractivity contribution in [2.24, 2.45) is 0 Å². The molecule has 1 aliphatic rings. The van der Waals surface area contributed by atoms with E-state index in [2.05, 4.69) is 10.1 Å². The van der Waals surface area contributed by atoms with Gasteiger partial charge in [-0.1, -0.05) is 23.4 Å². The molecule has 1 N–H and O–H groups in total. The lowest BCUT2D eigenvalue weighted by atomic mass is 10.0. The second kappa shape index (κ2) is 9.04. The molecule has 168 valence electrons. The molecule has 0 atom stereocenters. The summed E-state index contributed by atoms with van der Waals surface area (Å²) in [5, 5.41) is 12.8. The molecule has 1 aliphatic heterocycles. The Balaban J connectivity index is 1.38. The van der Waals surface area contributed by atoms with Gasteiger partial charge in [-0.2, -0.15) is 13.2 Å². The van der Waals surface area contributed by atoms with E-state index in [4.69, 9.17) is 14.4 Å². The van der Waals surface area contributed by atoms with Crippen LogP contribution in [0.1, 0.15) is 22.4 Å². The highest BCUT2D eigenvalue weighted by Crippen LogP contribution is 2.31. The molecule has 1 aromatic heterocycles. The molecule has 0 bridgehead atoms. The van der Waals surface area contributed by atoms with E-state index in [-0.39, 0.29) is 6.61 Å². The fourth-order valence-corrected chi connectivity index (χ4v) is 3.72. The van der Waals surface area contributed by atoms with Crippen molar-refractivity contribution >= 4 is 5.97 Å². The Morgan fingerprint density at radius 3 is 2.47 bits per heavy atom. The first kappa shape index (κ1) is 21.9. The largest absolute Gasteiger partial charge is 0.482 e. The number of hydrogen-bond acceptors (Lipinski definition) is 5. The summed E-state index contributed by atoms with van der Waals surface area (Å²) in [5.74, 6) is -0.0567. The number of carbonyl (C=O) groups is 1. The van der Waals surface area contributed by atoms with Crippen LogP contribution in [0.4, 0.5) is 13.2 Å². The van der Waals surface area contributed by atoms with Crippen LogP contribution in [0.2, 0.25) is 0 Å². The molecular formula is C23H21F3N2O4. The first-order valence-corrected chi connectivity index (χ1v) is 10.1. The molecule has 4 rings (SSSR count). The van der Waals surface area contributed by atoms with E-state index in [1.807, 2.05) is 12.1 Å². The van der Waals surface area contributed by atoms with Gasteiger partial charge in [-0.25, -0.2) is 4.79 Å². The van der Waals surface area contributed by atoms with Gasteiger partial charge in [0, 0.05) is 31.3 Å². The molecule has 9 heteroatoms. The zero-order valence-corrected chi connectivity index (χ0v) is 17.1. The van der Waals surface area contributed by atoms with Gasteiger partial charge < -0.3 is 14.4 Å². The maximum absolute atomic E-state index is 12.7. The quantitative estimate of drug-likeness (QED) is 0.604. The summed E-state index contributed by atoms with van der Waals surface area (Å²) in [7, 11) is 0. The van der Waals surface area contributed by atoms with Crippen LogP contribution >= 0.6 is 0 Å². The van der Waals surface area contributed by atoms with Gasteiger partial charge in [0.25, 0.3) is 0 Å². The number of aliphatic carboxylic acids is 1. The maximum Gasteiger partial charge on any atom is 0.416 e. The molecule has 0 saturated carbocycles. The monoisotopic (exact) mass is 446 g/mol. The number of rotatable bonds is 6. The topological polar surface area (TPSA) is 75.8 Å². The Labute approximate surface area is 182 Å². The summed E-state index contributed by atoms with van der Waals surface area (Å²) in [4.78, 5) is 12.9. The Bertz CT molecular complexity index is 1090. The van der Waals surface area contributed by atoms with Crippen molar-refractivity contribution in [3.8, 4) is 17.1 Å². The van der Waals surface area contributed by atoms with Crippen molar-refractivity contribution < 1.29 is 32.3 Å². The number of carboxylic acids is 1. The van der Waals surface area contributed by atoms with Crippen molar-refractivity contribution in [3.05, 3.63) is 70.9 Å². The van der Waals surface area contributed by atoms with Crippen LogP contribution in [-0.4, -0.2) is 40.8 Å². The molecule has 0 amide bonds. The third-order valence-corrected chi connectivity index (χ3v) is 5.38. The molecular weight excluding hydrogens is 425 g/mol. The maximum atomic E-state index is 12.7. The van der Waals surface area contributed by atoms with E-state index in [1.165, 1.54) is 17.7 Å². The van der Waals surface area contributed by atoms with Gasteiger partial charge in [0.05, 0.1) is 11.3 Å². The normalized spacial score (nSPS) is 14.6. The van der Waals surface area contributed by atoms with E-state index in [0.717, 1.165) is 43.6 Å². The minimum Gasteiger partial charge on any atom is -0.482 e. The molecule has 0 spiro atoms. The number of carboxylic acid groups (broad SMARTS) is 1. The van der Waals surface area contributed by atoms with Crippen molar-refractivity contribution in [2.45, 2.75) is 25.6 Å². The first-order chi connectivity index (χ1) is 15.3. The van der Waals surface area contributed by atoms with Crippen LogP contribution < -0.4 is 4.74 Å². The lowest BCUT2D eigenvalue weighted by Crippen LogP contribution is -2.26. The zero-order valence-electron chi connectivity index (χ0n) is 17.1. The summed E-state index contributed by atoms with van der Waals surface area (Å²) in [6.45, 7) is 1.77. The number of aromatic nitrogens is 1. The van der Waals surface area contributed by atoms with E-state index in [1.54, 1.807) is 12.1 Å². The number of alkyl halides is 3. The van der Waals surface area contributed by atoms with Gasteiger partial charge in [0.1, 0.15) is 5.75 Å². The smallest absolute Gasteiger partial charge is 0.416 e. The predicted octanol–water partition coefficient (Wildman–Crippen LogP) is 4.42. The number of nitrogens with zero attached hydrogens (tertiary/aromatic N) is 2. The lowest BCUT2D eigenvalue weighted by molar-refractivity contribution is -0.139. The van der Waals surface area contributed by atoms with Gasteiger partial charge in [-0.15, -0.1) is 0 Å². The van der Waals surface area contributed by atoms with E-state index >= 15 is 0 Å². The molecule has 0 unspecified atom stereocenters. The van der Waals surface area contributed by atoms with Crippen molar-refractivity contribution in [2.75, 3.05) is 19.7 Å². The highest BCUT2D eigenvalue weighted by atomic mass is 19.4. The number of hydrogen-bond donors (Lipinski definition) is 1. The summed E-state index contributed by atoms with van der Waals surface area (Å²) < 4.78 is 48.8. The second-order valence-electron chi connectivity index (χ2n) is 7.65. The lowest BCUT2D eigenvalue weighted by Gasteiger charge is -2.17. The molecule has 0 fully saturated rings. The predicted molar refractivity (Wildman–Crippen MR) is 109 cm³/mol. The number of fused-ring (bicyclic) bond motifs is 1. The average molecular weight is 446 g/mol. The number of benzene rings is 2. The van der Waals surface area contributed by atoms with Crippen LogP contribution in [0.15, 0.2) is 53.1 Å². The van der Waals surface area contributed by atoms with E-state index in [0.29, 0.717) is 29.3 Å². The molecule has 0 saturated heterocycles. The molecule has 0 radical (unpaired) electrons. The molecule has 6 nitrogen and oxygen atoms in total. The van der Waals surface area contributed by atoms with Gasteiger partial charge >= 0.3 is 12.1 Å². The van der Waals surface area contributed by atoms with Crippen LogP contribution in [-0.2, 0) is 30.4 Å². The first-order valence-electron chi connectivity index (χ1n) is 10.1. The summed E-state index contributed by atoms with van der Waals surface area (Å²) >= 11 is 0. The zero-order chi connectivity index (χ0) is 22.7. The fourth-order valence-electron chi connectivity index (χ4n) is 3.72. The summed E-state index contributed by atoms with van der Waals surface area (Å²) in [6, 6.07) is 12.2. The SMILES string of the molecule is O=C(O)COc1ccc2c(c1)CCN(Cc1cc(-c3ccc(C(F)(F)F)cc3)on1)CC2. The van der Waals surface area contributed by atoms with Crippen molar-refractivity contribution in [1.82, 2.24) is 10.1 Å². The highest BCUT2D eigenvalue weighted by Gasteiger charge is 2.30. The van der Waals surface area contributed by atoms with Gasteiger partial charge in [-0.05, 0) is 48.2 Å². The van der Waals surface area contributed by atoms with E-state index < -0.39 is 17.7 Å². The molecule has 0 aliphatic carbocycles. The molecule has 2 aromatic carbocycles. The summed E-state index contributed by atoms with van der Waals surface area (Å²) in [5.41, 5.74) is 2.86.